The van der Waals surface area contributed by atoms with Crippen LogP contribution >= 0.6 is 0 Å². The summed E-state index contributed by atoms with van der Waals surface area (Å²) in [4.78, 5) is 36.0. The monoisotopic (exact) mass is 402 g/mol. The third-order valence-corrected chi connectivity index (χ3v) is 4.53. The van der Waals surface area contributed by atoms with E-state index in [0.29, 0.717) is 23.2 Å². The number of anilines is 1. The van der Waals surface area contributed by atoms with Gasteiger partial charge in [0.25, 0.3) is 11.8 Å². The first-order valence-corrected chi connectivity index (χ1v) is 9.45. The molecule has 6 nitrogen and oxygen atoms in total. The van der Waals surface area contributed by atoms with Crippen LogP contribution < -0.4 is 10.6 Å². The lowest BCUT2D eigenvalue weighted by atomic mass is 9.99. The summed E-state index contributed by atoms with van der Waals surface area (Å²) in [6.07, 6.45) is 0.656. The van der Waals surface area contributed by atoms with E-state index in [2.05, 4.69) is 15.4 Å². The number of esters is 1. The maximum absolute atomic E-state index is 12.8. The SMILES string of the molecule is COC(=O)CNC(=O)c1ccc(NC(=O)c2ccccc2Cc2ccccc2)cc1. The maximum atomic E-state index is 12.8. The number of amides is 2. The molecule has 3 rings (SSSR count). The highest BCUT2D eigenvalue weighted by Crippen LogP contribution is 2.17. The smallest absolute Gasteiger partial charge is 0.325 e. The highest BCUT2D eigenvalue weighted by Gasteiger charge is 2.13. The van der Waals surface area contributed by atoms with Crippen molar-refractivity contribution < 1.29 is 19.1 Å². The number of hydrogen-bond donors (Lipinski definition) is 2. The Morgan fingerprint density at radius 3 is 2.17 bits per heavy atom. The molecule has 0 radical (unpaired) electrons. The largest absolute Gasteiger partial charge is 0.468 e. The van der Waals surface area contributed by atoms with Crippen molar-refractivity contribution in [3.05, 3.63) is 101 Å². The summed E-state index contributed by atoms with van der Waals surface area (Å²) in [6.45, 7) is -0.202. The van der Waals surface area contributed by atoms with E-state index in [9.17, 15) is 14.4 Å². The number of methoxy groups -OCH3 is 1. The van der Waals surface area contributed by atoms with Gasteiger partial charge in [0, 0.05) is 16.8 Å². The van der Waals surface area contributed by atoms with Crippen molar-refractivity contribution in [1.29, 1.82) is 0 Å². The van der Waals surface area contributed by atoms with Crippen LogP contribution in [0.2, 0.25) is 0 Å². The van der Waals surface area contributed by atoms with E-state index in [1.807, 2.05) is 48.5 Å². The molecular formula is C24H22N2O4. The lowest BCUT2D eigenvalue weighted by molar-refractivity contribution is -0.139. The molecule has 0 fully saturated rings. The van der Waals surface area contributed by atoms with Crippen molar-refractivity contribution in [3.8, 4) is 0 Å². The van der Waals surface area contributed by atoms with E-state index < -0.39 is 11.9 Å². The summed E-state index contributed by atoms with van der Waals surface area (Å²) >= 11 is 0. The highest BCUT2D eigenvalue weighted by molar-refractivity contribution is 6.05. The zero-order valence-electron chi connectivity index (χ0n) is 16.6. The van der Waals surface area contributed by atoms with Crippen LogP contribution in [-0.4, -0.2) is 31.4 Å². The van der Waals surface area contributed by atoms with Gasteiger partial charge in [0.15, 0.2) is 0 Å². The van der Waals surface area contributed by atoms with Gasteiger partial charge in [-0.2, -0.15) is 0 Å². The summed E-state index contributed by atoms with van der Waals surface area (Å²) < 4.78 is 4.49. The lowest BCUT2D eigenvalue weighted by Gasteiger charge is -2.11. The van der Waals surface area contributed by atoms with Gasteiger partial charge in [-0.05, 0) is 47.9 Å². The van der Waals surface area contributed by atoms with Gasteiger partial charge in [0.05, 0.1) is 7.11 Å². The van der Waals surface area contributed by atoms with Gasteiger partial charge in [-0.15, -0.1) is 0 Å². The molecule has 0 aliphatic rings. The Morgan fingerprint density at radius 1 is 0.800 bits per heavy atom. The molecule has 0 saturated carbocycles. The fourth-order valence-corrected chi connectivity index (χ4v) is 2.94. The van der Waals surface area contributed by atoms with Crippen molar-refractivity contribution in [1.82, 2.24) is 5.32 Å². The molecule has 0 unspecified atom stereocenters. The molecule has 152 valence electrons. The molecule has 0 saturated heterocycles. The number of carbonyl (C=O) groups excluding carboxylic acids is 3. The van der Waals surface area contributed by atoms with Crippen molar-refractivity contribution in [2.75, 3.05) is 19.0 Å². The van der Waals surface area contributed by atoms with Gasteiger partial charge in [0.2, 0.25) is 0 Å². The number of nitrogens with one attached hydrogen (secondary N) is 2. The topological polar surface area (TPSA) is 84.5 Å². The van der Waals surface area contributed by atoms with Crippen LogP contribution in [0.1, 0.15) is 31.8 Å². The molecule has 3 aromatic rings. The van der Waals surface area contributed by atoms with Crippen molar-refractivity contribution in [2.45, 2.75) is 6.42 Å². The van der Waals surface area contributed by atoms with Crippen LogP contribution in [0, 0.1) is 0 Å². The zero-order chi connectivity index (χ0) is 21.3. The standard InChI is InChI=1S/C24H22N2O4/c1-30-22(27)16-25-23(28)18-11-13-20(14-12-18)26-24(29)21-10-6-5-9-19(21)15-17-7-3-2-4-8-17/h2-14H,15-16H2,1H3,(H,25,28)(H,26,29). The molecule has 0 aliphatic carbocycles. The lowest BCUT2D eigenvalue weighted by Crippen LogP contribution is -2.30. The van der Waals surface area contributed by atoms with Crippen molar-refractivity contribution in [3.63, 3.8) is 0 Å². The van der Waals surface area contributed by atoms with E-state index in [1.54, 1.807) is 30.3 Å². The Kier molecular flexibility index (Phi) is 6.95. The summed E-state index contributed by atoms with van der Waals surface area (Å²) in [6, 6.07) is 23.9. The first-order chi connectivity index (χ1) is 14.6. The zero-order valence-corrected chi connectivity index (χ0v) is 16.6. The summed E-state index contributed by atoms with van der Waals surface area (Å²) in [7, 11) is 1.25. The number of rotatable bonds is 7. The molecule has 3 aromatic carbocycles. The van der Waals surface area contributed by atoms with Gasteiger partial charge in [-0.3, -0.25) is 14.4 Å². The fraction of sp³-hybridized carbons (Fsp3) is 0.125. The minimum absolute atomic E-state index is 0.202. The molecule has 0 heterocycles. The number of hydrogen-bond acceptors (Lipinski definition) is 4. The minimum atomic E-state index is -0.526. The van der Waals surface area contributed by atoms with E-state index in [4.69, 9.17) is 0 Å². The predicted octanol–water partition coefficient (Wildman–Crippen LogP) is 3.43. The normalized spacial score (nSPS) is 10.2. The quantitative estimate of drug-likeness (QED) is 0.593. The first kappa shape index (κ1) is 20.8. The molecular weight excluding hydrogens is 380 g/mol. The van der Waals surface area contributed by atoms with Crippen LogP contribution in [0.15, 0.2) is 78.9 Å². The first-order valence-electron chi connectivity index (χ1n) is 9.45. The number of carbonyl (C=O) groups is 3. The Hall–Kier alpha value is -3.93. The number of benzene rings is 3. The number of ether oxygens (including phenoxy) is 1. The average Bonchev–Trinajstić information content (AvgIpc) is 2.78. The van der Waals surface area contributed by atoms with Gasteiger partial charge >= 0.3 is 5.97 Å². The van der Waals surface area contributed by atoms with Crippen molar-refractivity contribution in [2.24, 2.45) is 0 Å². The minimum Gasteiger partial charge on any atom is -0.468 e. The molecule has 0 atom stereocenters. The molecule has 30 heavy (non-hydrogen) atoms. The second-order valence-corrected chi connectivity index (χ2v) is 6.61. The molecule has 0 bridgehead atoms. The molecule has 6 heteroatoms. The fourth-order valence-electron chi connectivity index (χ4n) is 2.94. The van der Waals surface area contributed by atoms with Gasteiger partial charge in [0.1, 0.15) is 6.54 Å². The molecule has 0 spiro atoms. The van der Waals surface area contributed by atoms with Crippen LogP contribution in [0.5, 0.6) is 0 Å². The predicted molar refractivity (Wildman–Crippen MR) is 114 cm³/mol. The van der Waals surface area contributed by atoms with Crippen LogP contribution in [0.4, 0.5) is 5.69 Å². The van der Waals surface area contributed by atoms with E-state index in [-0.39, 0.29) is 12.5 Å². The van der Waals surface area contributed by atoms with Gasteiger partial charge in [-0.1, -0.05) is 48.5 Å². The summed E-state index contributed by atoms with van der Waals surface area (Å²) in [5, 5.41) is 5.33. The molecule has 0 aliphatic heterocycles. The van der Waals surface area contributed by atoms with E-state index >= 15 is 0 Å². The molecule has 0 aromatic heterocycles. The third-order valence-electron chi connectivity index (χ3n) is 4.53. The summed E-state index contributed by atoms with van der Waals surface area (Å²) in [5.74, 6) is -1.14. The van der Waals surface area contributed by atoms with E-state index in [0.717, 1.165) is 11.1 Å². The van der Waals surface area contributed by atoms with Crippen LogP contribution in [-0.2, 0) is 16.0 Å². The van der Waals surface area contributed by atoms with Gasteiger partial charge < -0.3 is 15.4 Å². The second-order valence-electron chi connectivity index (χ2n) is 6.61. The molecule has 2 N–H and O–H groups in total. The van der Waals surface area contributed by atoms with Crippen LogP contribution in [0.3, 0.4) is 0 Å². The average molecular weight is 402 g/mol. The Morgan fingerprint density at radius 2 is 1.47 bits per heavy atom. The third kappa shape index (κ3) is 5.54. The Labute approximate surface area is 174 Å². The highest BCUT2D eigenvalue weighted by atomic mass is 16.5. The maximum Gasteiger partial charge on any atom is 0.325 e. The Bertz CT molecular complexity index is 1030. The molecule has 2 amide bonds. The van der Waals surface area contributed by atoms with Gasteiger partial charge in [-0.25, -0.2) is 0 Å². The van der Waals surface area contributed by atoms with Crippen molar-refractivity contribution >= 4 is 23.5 Å². The second kappa shape index (κ2) is 10.0. The van der Waals surface area contributed by atoms with Crippen LogP contribution in [0.25, 0.3) is 0 Å². The Balaban J connectivity index is 1.66. The van der Waals surface area contributed by atoms with E-state index in [1.165, 1.54) is 7.11 Å². The summed E-state index contributed by atoms with van der Waals surface area (Å²) in [5.41, 5.74) is 3.60.